The number of benzene rings is 2. The smallest absolute Gasteiger partial charge is 0.228 e. The van der Waals surface area contributed by atoms with E-state index in [1.165, 1.54) is 0 Å². The Kier molecular flexibility index (Phi) is 5.09. The summed E-state index contributed by atoms with van der Waals surface area (Å²) in [5, 5.41) is 2.88. The summed E-state index contributed by atoms with van der Waals surface area (Å²) in [6, 6.07) is 13.2. The number of carbonyl (C=O) groups excluding carboxylic acids is 1. The van der Waals surface area contributed by atoms with E-state index in [1.54, 1.807) is 6.07 Å². The topological polar surface area (TPSA) is 55.1 Å². The second-order valence-electron chi connectivity index (χ2n) is 4.71. The molecule has 0 spiro atoms. The lowest BCUT2D eigenvalue weighted by atomic mass is 10.1. The first-order chi connectivity index (χ1) is 9.97. The summed E-state index contributed by atoms with van der Waals surface area (Å²) in [7, 11) is 0. The molecule has 108 valence electrons. The van der Waals surface area contributed by atoms with Gasteiger partial charge in [-0.25, -0.2) is 0 Å². The Hall–Kier alpha value is -1.72. The normalized spacial score (nSPS) is 10.2. The highest BCUT2D eigenvalue weighted by atomic mass is 79.9. The summed E-state index contributed by atoms with van der Waals surface area (Å²) in [4.78, 5) is 12.4. The third kappa shape index (κ3) is 4.12. The lowest BCUT2D eigenvalue weighted by Crippen LogP contribution is -2.19. The van der Waals surface area contributed by atoms with Gasteiger partial charge >= 0.3 is 0 Å². The van der Waals surface area contributed by atoms with Crippen LogP contribution < -0.4 is 11.1 Å². The van der Waals surface area contributed by atoms with Crippen LogP contribution in [-0.4, -0.2) is 10.9 Å². The van der Waals surface area contributed by atoms with Crippen LogP contribution >= 0.6 is 28.1 Å². The van der Waals surface area contributed by atoms with Crippen molar-refractivity contribution >= 4 is 44.7 Å². The van der Waals surface area contributed by atoms with Crippen LogP contribution in [0, 0.1) is 6.92 Å². The van der Waals surface area contributed by atoms with E-state index < -0.39 is 0 Å². The van der Waals surface area contributed by atoms with Gasteiger partial charge in [-0.2, -0.15) is 0 Å². The predicted octanol–water partition coefficient (Wildman–Crippen LogP) is 3.57. The minimum Gasteiger partial charge on any atom is -0.389 e. The molecule has 0 aromatic heterocycles. The monoisotopic (exact) mass is 362 g/mol. The molecule has 2 rings (SSSR count). The van der Waals surface area contributed by atoms with Gasteiger partial charge in [-0.1, -0.05) is 52.4 Å². The maximum atomic E-state index is 12.1. The Balaban J connectivity index is 2.15. The molecule has 3 N–H and O–H groups in total. The molecule has 0 aliphatic heterocycles. The van der Waals surface area contributed by atoms with Crippen molar-refractivity contribution in [3.8, 4) is 0 Å². The summed E-state index contributed by atoms with van der Waals surface area (Å²) < 4.78 is 0.987. The second-order valence-corrected chi connectivity index (χ2v) is 6.07. The average molecular weight is 363 g/mol. The Labute approximate surface area is 137 Å². The van der Waals surface area contributed by atoms with Crippen molar-refractivity contribution in [1.82, 2.24) is 0 Å². The van der Waals surface area contributed by atoms with Gasteiger partial charge in [0, 0.05) is 10.0 Å². The fraction of sp³-hybridized carbons (Fsp3) is 0.125. The number of halogens is 1. The minimum absolute atomic E-state index is 0.0968. The van der Waals surface area contributed by atoms with E-state index >= 15 is 0 Å². The lowest BCUT2D eigenvalue weighted by Gasteiger charge is -2.12. The zero-order valence-electron chi connectivity index (χ0n) is 11.5. The molecule has 0 atom stereocenters. The molecular weight excluding hydrogens is 348 g/mol. The van der Waals surface area contributed by atoms with Crippen LogP contribution in [-0.2, 0) is 11.2 Å². The van der Waals surface area contributed by atoms with Gasteiger partial charge in [0.2, 0.25) is 5.91 Å². The molecule has 0 fully saturated rings. The first-order valence-electron chi connectivity index (χ1n) is 6.41. The van der Waals surface area contributed by atoms with Crippen molar-refractivity contribution in [2.45, 2.75) is 13.3 Å². The number of thiocarbonyl (C=S) groups is 1. The SMILES string of the molecule is Cc1cccc(NC(=O)Cc2ccc(Br)cc2)c1C(N)=S. The number of hydrogen-bond acceptors (Lipinski definition) is 2. The molecule has 3 nitrogen and oxygen atoms in total. The number of aryl methyl sites for hydroxylation is 1. The number of carbonyl (C=O) groups is 1. The molecule has 1 amide bonds. The van der Waals surface area contributed by atoms with Crippen LogP contribution in [0.25, 0.3) is 0 Å². The van der Waals surface area contributed by atoms with Crippen LogP contribution in [0.5, 0.6) is 0 Å². The first-order valence-corrected chi connectivity index (χ1v) is 7.61. The van der Waals surface area contributed by atoms with Crippen LogP contribution in [0.1, 0.15) is 16.7 Å². The molecule has 0 radical (unpaired) electrons. The zero-order valence-corrected chi connectivity index (χ0v) is 13.9. The van der Waals surface area contributed by atoms with Crippen LogP contribution in [0.15, 0.2) is 46.9 Å². The second kappa shape index (κ2) is 6.83. The number of nitrogens with two attached hydrogens (primary N) is 1. The Bertz CT molecular complexity index is 683. The third-order valence-electron chi connectivity index (χ3n) is 3.07. The quantitative estimate of drug-likeness (QED) is 0.817. The molecule has 0 aliphatic rings. The maximum Gasteiger partial charge on any atom is 0.228 e. The standard InChI is InChI=1S/C16H15BrN2OS/c1-10-3-2-4-13(15(10)16(18)21)19-14(20)9-11-5-7-12(17)8-6-11/h2-8H,9H2,1H3,(H2,18,21)(H,19,20). The van der Waals surface area contributed by atoms with Crippen molar-refractivity contribution in [2.75, 3.05) is 5.32 Å². The molecular formula is C16H15BrN2OS. The van der Waals surface area contributed by atoms with Gasteiger partial charge in [-0.15, -0.1) is 0 Å². The molecule has 0 unspecified atom stereocenters. The number of nitrogens with one attached hydrogen (secondary N) is 1. The summed E-state index contributed by atoms with van der Waals surface area (Å²) >= 11 is 8.43. The highest BCUT2D eigenvalue weighted by molar-refractivity contribution is 9.10. The average Bonchev–Trinajstić information content (AvgIpc) is 2.41. The van der Waals surface area contributed by atoms with Crippen molar-refractivity contribution in [1.29, 1.82) is 0 Å². The molecule has 2 aromatic carbocycles. The van der Waals surface area contributed by atoms with Crippen molar-refractivity contribution < 1.29 is 4.79 Å². The summed E-state index contributed by atoms with van der Waals surface area (Å²) in [6.45, 7) is 1.92. The highest BCUT2D eigenvalue weighted by Gasteiger charge is 2.11. The largest absolute Gasteiger partial charge is 0.389 e. The molecule has 0 saturated carbocycles. The molecule has 0 heterocycles. The Morgan fingerprint density at radius 3 is 2.52 bits per heavy atom. The van der Waals surface area contributed by atoms with Crippen LogP contribution in [0.2, 0.25) is 0 Å². The number of anilines is 1. The Morgan fingerprint density at radius 1 is 1.24 bits per heavy atom. The number of hydrogen-bond donors (Lipinski definition) is 2. The van der Waals surface area contributed by atoms with Crippen molar-refractivity contribution in [3.05, 3.63) is 63.6 Å². The van der Waals surface area contributed by atoms with E-state index in [0.717, 1.165) is 21.2 Å². The molecule has 21 heavy (non-hydrogen) atoms. The fourth-order valence-electron chi connectivity index (χ4n) is 2.08. The predicted molar refractivity (Wildman–Crippen MR) is 93.5 cm³/mol. The van der Waals surface area contributed by atoms with Gasteiger partial charge in [0.1, 0.15) is 4.99 Å². The molecule has 5 heteroatoms. The summed E-state index contributed by atoms with van der Waals surface area (Å²) in [5.41, 5.74) is 9.00. The van der Waals surface area contributed by atoms with E-state index in [-0.39, 0.29) is 10.9 Å². The van der Waals surface area contributed by atoms with Gasteiger partial charge in [0.05, 0.1) is 12.1 Å². The van der Waals surface area contributed by atoms with Crippen LogP contribution in [0.3, 0.4) is 0 Å². The minimum atomic E-state index is -0.0968. The van der Waals surface area contributed by atoms with Crippen molar-refractivity contribution in [3.63, 3.8) is 0 Å². The fourth-order valence-corrected chi connectivity index (χ4v) is 2.62. The molecule has 0 aliphatic carbocycles. The number of amides is 1. The third-order valence-corrected chi connectivity index (χ3v) is 3.80. The highest BCUT2D eigenvalue weighted by Crippen LogP contribution is 2.20. The maximum absolute atomic E-state index is 12.1. The molecule has 2 aromatic rings. The van der Waals surface area contributed by atoms with Gasteiger partial charge in [-0.3, -0.25) is 4.79 Å². The van der Waals surface area contributed by atoms with Crippen LogP contribution in [0.4, 0.5) is 5.69 Å². The summed E-state index contributed by atoms with van der Waals surface area (Å²) in [6.07, 6.45) is 0.304. The molecule has 0 saturated heterocycles. The van der Waals surface area contributed by atoms with Gasteiger partial charge in [0.15, 0.2) is 0 Å². The van der Waals surface area contributed by atoms with E-state index in [9.17, 15) is 4.79 Å². The summed E-state index contributed by atoms with van der Waals surface area (Å²) in [5.74, 6) is -0.0968. The van der Waals surface area contributed by atoms with Gasteiger partial charge in [-0.05, 0) is 36.2 Å². The van der Waals surface area contributed by atoms with Crippen molar-refractivity contribution in [2.24, 2.45) is 5.73 Å². The van der Waals surface area contributed by atoms with E-state index in [1.807, 2.05) is 43.3 Å². The number of rotatable bonds is 4. The van der Waals surface area contributed by atoms with E-state index in [4.69, 9.17) is 18.0 Å². The lowest BCUT2D eigenvalue weighted by molar-refractivity contribution is -0.115. The van der Waals surface area contributed by atoms with E-state index in [0.29, 0.717) is 12.1 Å². The molecule has 0 bridgehead atoms. The first kappa shape index (κ1) is 15.7. The Morgan fingerprint density at radius 2 is 1.90 bits per heavy atom. The van der Waals surface area contributed by atoms with E-state index in [2.05, 4.69) is 21.2 Å². The van der Waals surface area contributed by atoms with Gasteiger partial charge in [0.25, 0.3) is 0 Å². The van der Waals surface area contributed by atoms with Gasteiger partial charge < -0.3 is 11.1 Å². The zero-order chi connectivity index (χ0) is 15.4.